The van der Waals surface area contributed by atoms with Crippen molar-refractivity contribution in [1.29, 1.82) is 0 Å². The standard InChI is InChI=1S/C17H16N6O2/c24-23(25)15-7-8-16(20-11-13-5-1-3-9-18-13)22-17(15)21-12-14-6-2-4-10-19-14/h1-10H,11-12H2,(H2,20,21,22). The van der Waals surface area contributed by atoms with Crippen molar-refractivity contribution in [2.45, 2.75) is 13.1 Å². The van der Waals surface area contributed by atoms with E-state index < -0.39 is 4.92 Å². The van der Waals surface area contributed by atoms with Gasteiger partial charge in [-0.3, -0.25) is 20.1 Å². The molecule has 3 aromatic rings. The van der Waals surface area contributed by atoms with Gasteiger partial charge >= 0.3 is 5.69 Å². The molecule has 8 heteroatoms. The number of nitrogens with zero attached hydrogens (tertiary/aromatic N) is 4. The molecule has 0 fully saturated rings. The van der Waals surface area contributed by atoms with Crippen LogP contribution in [0.15, 0.2) is 60.9 Å². The minimum absolute atomic E-state index is 0.0840. The van der Waals surface area contributed by atoms with Crippen LogP contribution in [0, 0.1) is 10.1 Å². The van der Waals surface area contributed by atoms with Gasteiger partial charge in [0.05, 0.1) is 29.4 Å². The Hall–Kier alpha value is -3.55. The predicted octanol–water partition coefficient (Wildman–Crippen LogP) is 3.00. The Bertz CT molecular complexity index is 842. The molecule has 0 amide bonds. The highest BCUT2D eigenvalue weighted by Crippen LogP contribution is 2.24. The van der Waals surface area contributed by atoms with Crippen LogP contribution >= 0.6 is 0 Å². The van der Waals surface area contributed by atoms with Crippen molar-refractivity contribution >= 4 is 17.3 Å². The molecule has 0 spiro atoms. The summed E-state index contributed by atoms with van der Waals surface area (Å²) in [5.74, 6) is 0.724. The van der Waals surface area contributed by atoms with Crippen LogP contribution in [0.5, 0.6) is 0 Å². The smallest absolute Gasteiger partial charge is 0.311 e. The first-order valence-corrected chi connectivity index (χ1v) is 7.65. The van der Waals surface area contributed by atoms with Crippen LogP contribution in [-0.4, -0.2) is 19.9 Å². The second-order valence-electron chi connectivity index (χ2n) is 5.17. The van der Waals surface area contributed by atoms with Gasteiger partial charge in [-0.1, -0.05) is 12.1 Å². The maximum Gasteiger partial charge on any atom is 0.311 e. The van der Waals surface area contributed by atoms with Crippen molar-refractivity contribution < 1.29 is 4.92 Å². The molecule has 0 unspecified atom stereocenters. The summed E-state index contributed by atoms with van der Waals surface area (Å²) >= 11 is 0. The highest BCUT2D eigenvalue weighted by Gasteiger charge is 2.16. The van der Waals surface area contributed by atoms with Gasteiger partial charge in [-0.2, -0.15) is 0 Å². The molecule has 25 heavy (non-hydrogen) atoms. The van der Waals surface area contributed by atoms with Crippen molar-refractivity contribution in [1.82, 2.24) is 15.0 Å². The number of hydrogen-bond donors (Lipinski definition) is 2. The molecule has 8 nitrogen and oxygen atoms in total. The number of anilines is 2. The number of pyridine rings is 3. The third-order valence-corrected chi connectivity index (χ3v) is 3.41. The molecule has 0 aliphatic carbocycles. The normalized spacial score (nSPS) is 10.2. The molecule has 0 aliphatic rings. The lowest BCUT2D eigenvalue weighted by atomic mass is 10.3. The average molecular weight is 336 g/mol. The fourth-order valence-corrected chi connectivity index (χ4v) is 2.19. The van der Waals surface area contributed by atoms with Crippen LogP contribution in [0.2, 0.25) is 0 Å². The van der Waals surface area contributed by atoms with E-state index in [1.807, 2.05) is 36.4 Å². The number of nitrogens with one attached hydrogen (secondary N) is 2. The van der Waals surface area contributed by atoms with E-state index in [4.69, 9.17) is 0 Å². The Kier molecular flexibility index (Phi) is 5.10. The second kappa shape index (κ2) is 7.82. The lowest BCUT2D eigenvalue weighted by Gasteiger charge is -2.09. The maximum absolute atomic E-state index is 11.2. The van der Waals surface area contributed by atoms with Gasteiger partial charge in [-0.15, -0.1) is 0 Å². The summed E-state index contributed by atoms with van der Waals surface area (Å²) in [7, 11) is 0. The van der Waals surface area contributed by atoms with E-state index in [9.17, 15) is 10.1 Å². The molecule has 0 aromatic carbocycles. The zero-order chi connectivity index (χ0) is 17.5. The number of nitro groups is 1. The monoisotopic (exact) mass is 336 g/mol. The van der Waals surface area contributed by atoms with Crippen molar-refractivity contribution in [3.05, 3.63) is 82.4 Å². The van der Waals surface area contributed by atoms with Crippen LogP contribution in [-0.2, 0) is 13.1 Å². The fraction of sp³-hybridized carbons (Fsp3) is 0.118. The van der Waals surface area contributed by atoms with E-state index in [1.165, 1.54) is 6.07 Å². The van der Waals surface area contributed by atoms with Crippen molar-refractivity contribution in [3.63, 3.8) is 0 Å². The summed E-state index contributed by atoms with van der Waals surface area (Å²) in [6.07, 6.45) is 3.38. The highest BCUT2D eigenvalue weighted by atomic mass is 16.6. The molecule has 3 aromatic heterocycles. The highest BCUT2D eigenvalue weighted by molar-refractivity contribution is 5.60. The van der Waals surface area contributed by atoms with E-state index in [0.717, 1.165) is 11.4 Å². The molecule has 3 heterocycles. The summed E-state index contributed by atoms with van der Waals surface area (Å²) in [5, 5.41) is 17.3. The van der Waals surface area contributed by atoms with Gasteiger partial charge in [-0.05, 0) is 30.3 Å². The van der Waals surface area contributed by atoms with Gasteiger partial charge in [0, 0.05) is 18.5 Å². The quantitative estimate of drug-likeness (QED) is 0.504. The predicted molar refractivity (Wildman–Crippen MR) is 94.0 cm³/mol. The fourth-order valence-electron chi connectivity index (χ4n) is 2.19. The Labute approximate surface area is 144 Å². The molecule has 0 atom stereocenters. The lowest BCUT2D eigenvalue weighted by Crippen LogP contribution is -2.08. The molecule has 126 valence electrons. The lowest BCUT2D eigenvalue weighted by molar-refractivity contribution is -0.384. The molecule has 0 aliphatic heterocycles. The number of aromatic nitrogens is 3. The third kappa shape index (κ3) is 4.47. The van der Waals surface area contributed by atoms with Crippen LogP contribution < -0.4 is 10.6 Å². The van der Waals surface area contributed by atoms with Gasteiger partial charge in [0.15, 0.2) is 0 Å². The van der Waals surface area contributed by atoms with Gasteiger partial charge < -0.3 is 10.6 Å². The molecule has 0 saturated heterocycles. The summed E-state index contributed by atoms with van der Waals surface area (Å²) < 4.78 is 0. The first-order chi connectivity index (χ1) is 12.2. The summed E-state index contributed by atoms with van der Waals surface area (Å²) in [6.45, 7) is 0.823. The molecular formula is C17H16N6O2. The van der Waals surface area contributed by atoms with Crippen LogP contribution in [0.25, 0.3) is 0 Å². The van der Waals surface area contributed by atoms with Gasteiger partial charge in [0.1, 0.15) is 5.82 Å². The average Bonchev–Trinajstić information content (AvgIpc) is 2.66. The summed E-state index contributed by atoms with van der Waals surface area (Å²) in [4.78, 5) is 23.4. The number of rotatable bonds is 7. The Balaban J connectivity index is 1.73. The Morgan fingerprint density at radius 2 is 1.52 bits per heavy atom. The Morgan fingerprint density at radius 1 is 0.880 bits per heavy atom. The summed E-state index contributed by atoms with van der Waals surface area (Å²) in [6, 6.07) is 14.1. The van der Waals surface area contributed by atoms with Gasteiger partial charge in [0.2, 0.25) is 5.82 Å². The molecule has 0 bridgehead atoms. The van der Waals surface area contributed by atoms with E-state index in [1.54, 1.807) is 18.5 Å². The van der Waals surface area contributed by atoms with Crippen molar-refractivity contribution in [2.75, 3.05) is 10.6 Å². The first kappa shape index (κ1) is 16.3. The topological polar surface area (TPSA) is 106 Å². The molecule has 0 radical (unpaired) electrons. The number of hydrogen-bond acceptors (Lipinski definition) is 7. The van der Waals surface area contributed by atoms with Gasteiger partial charge in [-0.25, -0.2) is 4.98 Å². The van der Waals surface area contributed by atoms with Crippen molar-refractivity contribution in [3.8, 4) is 0 Å². The van der Waals surface area contributed by atoms with Crippen LogP contribution in [0.4, 0.5) is 17.3 Å². The molecule has 2 N–H and O–H groups in total. The second-order valence-corrected chi connectivity index (χ2v) is 5.17. The molecule has 3 rings (SSSR count). The minimum Gasteiger partial charge on any atom is -0.364 e. The Morgan fingerprint density at radius 3 is 2.08 bits per heavy atom. The van der Waals surface area contributed by atoms with Crippen LogP contribution in [0.3, 0.4) is 0 Å². The van der Waals surface area contributed by atoms with E-state index in [0.29, 0.717) is 18.9 Å². The van der Waals surface area contributed by atoms with E-state index in [-0.39, 0.29) is 11.5 Å². The third-order valence-electron chi connectivity index (χ3n) is 3.41. The van der Waals surface area contributed by atoms with Gasteiger partial charge in [0.25, 0.3) is 0 Å². The first-order valence-electron chi connectivity index (χ1n) is 7.65. The largest absolute Gasteiger partial charge is 0.364 e. The van der Waals surface area contributed by atoms with E-state index >= 15 is 0 Å². The zero-order valence-electron chi connectivity index (χ0n) is 13.3. The van der Waals surface area contributed by atoms with Crippen LogP contribution in [0.1, 0.15) is 11.4 Å². The van der Waals surface area contributed by atoms with Crippen molar-refractivity contribution in [2.24, 2.45) is 0 Å². The molecule has 0 saturated carbocycles. The van der Waals surface area contributed by atoms with E-state index in [2.05, 4.69) is 25.6 Å². The summed E-state index contributed by atoms with van der Waals surface area (Å²) in [5.41, 5.74) is 1.54. The SMILES string of the molecule is O=[N+]([O-])c1ccc(NCc2ccccn2)nc1NCc1ccccn1. The molecular weight excluding hydrogens is 320 g/mol. The zero-order valence-corrected chi connectivity index (χ0v) is 13.3. The maximum atomic E-state index is 11.2. The minimum atomic E-state index is -0.462.